The Morgan fingerprint density at radius 3 is 2.84 bits per heavy atom. The number of amides is 1. The van der Waals surface area contributed by atoms with Gasteiger partial charge in [0.15, 0.2) is 0 Å². The Bertz CT molecular complexity index is 521. The highest BCUT2D eigenvalue weighted by Crippen LogP contribution is 2.24. The van der Waals surface area contributed by atoms with Crippen molar-refractivity contribution in [2.45, 2.75) is 25.3 Å². The SMILES string of the molecule is O=C(O)CC1CCCN1C(=O)c1ccc(F)c(Br)c1. The summed E-state index contributed by atoms with van der Waals surface area (Å²) in [5.41, 5.74) is 0.366. The fraction of sp³-hybridized carbons (Fsp3) is 0.385. The van der Waals surface area contributed by atoms with Crippen molar-refractivity contribution >= 4 is 27.8 Å². The van der Waals surface area contributed by atoms with Crippen molar-refractivity contribution in [2.24, 2.45) is 0 Å². The minimum atomic E-state index is -0.912. The van der Waals surface area contributed by atoms with Gasteiger partial charge in [0.25, 0.3) is 5.91 Å². The van der Waals surface area contributed by atoms with Crippen LogP contribution >= 0.6 is 15.9 Å². The topological polar surface area (TPSA) is 57.6 Å². The van der Waals surface area contributed by atoms with Gasteiger partial charge in [0.2, 0.25) is 0 Å². The lowest BCUT2D eigenvalue weighted by Crippen LogP contribution is -2.36. The highest BCUT2D eigenvalue weighted by atomic mass is 79.9. The Labute approximate surface area is 118 Å². The molecule has 1 unspecified atom stereocenters. The van der Waals surface area contributed by atoms with Crippen LogP contribution in [0.1, 0.15) is 29.6 Å². The van der Waals surface area contributed by atoms with E-state index in [0.717, 1.165) is 6.42 Å². The largest absolute Gasteiger partial charge is 0.481 e. The van der Waals surface area contributed by atoms with E-state index in [-0.39, 0.29) is 22.8 Å². The van der Waals surface area contributed by atoms with Crippen LogP contribution in [0.25, 0.3) is 0 Å². The number of carboxylic acid groups (broad SMARTS) is 1. The number of nitrogens with zero attached hydrogens (tertiary/aromatic N) is 1. The third-order valence-electron chi connectivity index (χ3n) is 3.21. The summed E-state index contributed by atoms with van der Waals surface area (Å²) in [5.74, 6) is -1.59. The maximum absolute atomic E-state index is 13.1. The highest BCUT2D eigenvalue weighted by Gasteiger charge is 2.31. The monoisotopic (exact) mass is 329 g/mol. The molecule has 1 aliphatic heterocycles. The predicted molar refractivity (Wildman–Crippen MR) is 70.4 cm³/mol. The highest BCUT2D eigenvalue weighted by molar-refractivity contribution is 9.10. The van der Waals surface area contributed by atoms with Crippen LogP contribution in [-0.2, 0) is 4.79 Å². The van der Waals surface area contributed by atoms with E-state index in [1.54, 1.807) is 4.90 Å². The van der Waals surface area contributed by atoms with Gasteiger partial charge in [-0.1, -0.05) is 0 Å². The Morgan fingerprint density at radius 1 is 1.47 bits per heavy atom. The van der Waals surface area contributed by atoms with Gasteiger partial charge in [-0.05, 0) is 47.0 Å². The molecule has 1 atom stereocenters. The summed E-state index contributed by atoms with van der Waals surface area (Å²) in [6.07, 6.45) is 1.44. The molecule has 1 amide bonds. The number of benzene rings is 1. The van der Waals surface area contributed by atoms with E-state index >= 15 is 0 Å². The van der Waals surface area contributed by atoms with E-state index in [1.807, 2.05) is 0 Å². The Morgan fingerprint density at radius 2 is 2.21 bits per heavy atom. The summed E-state index contributed by atoms with van der Waals surface area (Å²) in [6, 6.07) is 3.79. The van der Waals surface area contributed by atoms with Crippen LogP contribution in [0.3, 0.4) is 0 Å². The van der Waals surface area contributed by atoms with Crippen molar-refractivity contribution in [3.63, 3.8) is 0 Å². The van der Waals surface area contributed by atoms with Crippen molar-refractivity contribution < 1.29 is 19.1 Å². The molecule has 1 heterocycles. The second-order valence-corrected chi connectivity index (χ2v) is 5.38. The van der Waals surface area contributed by atoms with Crippen molar-refractivity contribution in [1.82, 2.24) is 4.90 Å². The number of halogens is 2. The first kappa shape index (κ1) is 14.0. The number of carbonyl (C=O) groups excluding carboxylic acids is 1. The summed E-state index contributed by atoms with van der Waals surface area (Å²) in [4.78, 5) is 24.6. The predicted octanol–water partition coefficient (Wildman–Crippen LogP) is 2.67. The number of likely N-dealkylation sites (tertiary alicyclic amines) is 1. The third-order valence-corrected chi connectivity index (χ3v) is 3.82. The van der Waals surface area contributed by atoms with Crippen LogP contribution in [0.4, 0.5) is 4.39 Å². The smallest absolute Gasteiger partial charge is 0.305 e. The van der Waals surface area contributed by atoms with Crippen molar-refractivity contribution in [3.05, 3.63) is 34.1 Å². The normalized spacial score (nSPS) is 18.6. The molecule has 0 spiro atoms. The van der Waals surface area contributed by atoms with E-state index in [4.69, 9.17) is 5.11 Å². The first-order valence-corrected chi connectivity index (χ1v) is 6.76. The van der Waals surface area contributed by atoms with Crippen LogP contribution in [0.5, 0.6) is 0 Å². The number of rotatable bonds is 3. The standard InChI is InChI=1S/C13H13BrFNO3/c14-10-6-8(3-4-11(10)15)13(19)16-5-1-2-9(16)7-12(17)18/h3-4,6,9H,1-2,5,7H2,(H,17,18). The maximum Gasteiger partial charge on any atom is 0.305 e. The third kappa shape index (κ3) is 3.12. The zero-order chi connectivity index (χ0) is 14.0. The number of aliphatic carboxylic acids is 1. The maximum atomic E-state index is 13.1. The lowest BCUT2D eigenvalue weighted by atomic mass is 10.1. The molecule has 1 aromatic carbocycles. The Balaban J connectivity index is 2.18. The molecule has 1 saturated heterocycles. The molecule has 19 heavy (non-hydrogen) atoms. The molecule has 1 aliphatic rings. The van der Waals surface area contributed by atoms with Crippen LogP contribution in [-0.4, -0.2) is 34.5 Å². The molecule has 102 valence electrons. The second-order valence-electron chi connectivity index (χ2n) is 4.52. The van der Waals surface area contributed by atoms with Gasteiger partial charge in [0, 0.05) is 18.2 Å². The lowest BCUT2D eigenvalue weighted by molar-refractivity contribution is -0.137. The summed E-state index contributed by atoms with van der Waals surface area (Å²) >= 11 is 3.04. The van der Waals surface area contributed by atoms with Crippen LogP contribution in [0.2, 0.25) is 0 Å². The first-order chi connectivity index (χ1) is 8.99. The van der Waals surface area contributed by atoms with E-state index in [0.29, 0.717) is 18.5 Å². The molecule has 0 aromatic heterocycles. The quantitative estimate of drug-likeness (QED) is 0.927. The van der Waals surface area contributed by atoms with Crippen molar-refractivity contribution in [3.8, 4) is 0 Å². The van der Waals surface area contributed by atoms with Gasteiger partial charge in [-0.2, -0.15) is 0 Å². The molecular weight excluding hydrogens is 317 g/mol. The number of carbonyl (C=O) groups is 2. The summed E-state index contributed by atoms with van der Waals surface area (Å²) in [7, 11) is 0. The van der Waals surface area contributed by atoms with Gasteiger partial charge in [-0.15, -0.1) is 0 Å². The van der Waals surface area contributed by atoms with E-state index in [9.17, 15) is 14.0 Å². The minimum Gasteiger partial charge on any atom is -0.481 e. The summed E-state index contributed by atoms with van der Waals surface area (Å²) in [5, 5.41) is 8.83. The molecular formula is C13H13BrFNO3. The summed E-state index contributed by atoms with van der Waals surface area (Å²) < 4.78 is 13.4. The molecule has 0 radical (unpaired) electrons. The zero-order valence-electron chi connectivity index (χ0n) is 10.1. The molecule has 0 bridgehead atoms. The van der Waals surface area contributed by atoms with Crippen LogP contribution < -0.4 is 0 Å². The Kier molecular flexibility index (Phi) is 4.19. The minimum absolute atomic E-state index is 0.0475. The zero-order valence-corrected chi connectivity index (χ0v) is 11.7. The number of hydrogen-bond acceptors (Lipinski definition) is 2. The van der Waals surface area contributed by atoms with Gasteiger partial charge in [0.1, 0.15) is 5.82 Å². The average Bonchev–Trinajstić information content (AvgIpc) is 2.79. The molecule has 4 nitrogen and oxygen atoms in total. The van der Waals surface area contributed by atoms with E-state index in [1.165, 1.54) is 18.2 Å². The van der Waals surface area contributed by atoms with Crippen LogP contribution in [0.15, 0.2) is 22.7 Å². The van der Waals surface area contributed by atoms with Gasteiger partial charge in [0.05, 0.1) is 10.9 Å². The lowest BCUT2D eigenvalue weighted by Gasteiger charge is -2.23. The molecule has 1 N–H and O–H groups in total. The molecule has 6 heteroatoms. The molecule has 1 aromatic rings. The van der Waals surface area contributed by atoms with Gasteiger partial charge >= 0.3 is 5.97 Å². The van der Waals surface area contributed by atoms with Gasteiger partial charge in [-0.3, -0.25) is 9.59 Å². The van der Waals surface area contributed by atoms with Crippen molar-refractivity contribution in [2.75, 3.05) is 6.54 Å². The fourth-order valence-electron chi connectivity index (χ4n) is 2.31. The molecule has 0 aliphatic carbocycles. The second kappa shape index (κ2) is 5.69. The fourth-order valence-corrected chi connectivity index (χ4v) is 2.69. The molecule has 0 saturated carbocycles. The number of carboxylic acids is 1. The molecule has 2 rings (SSSR count). The number of hydrogen-bond donors (Lipinski definition) is 1. The molecule has 1 fully saturated rings. The summed E-state index contributed by atoms with van der Waals surface area (Å²) in [6.45, 7) is 0.547. The van der Waals surface area contributed by atoms with Crippen molar-refractivity contribution in [1.29, 1.82) is 0 Å². The first-order valence-electron chi connectivity index (χ1n) is 5.97. The van der Waals surface area contributed by atoms with E-state index < -0.39 is 11.8 Å². The van der Waals surface area contributed by atoms with E-state index in [2.05, 4.69) is 15.9 Å². The van der Waals surface area contributed by atoms with Gasteiger partial charge < -0.3 is 10.0 Å². The van der Waals surface area contributed by atoms with Crippen LogP contribution in [0, 0.1) is 5.82 Å². The average molecular weight is 330 g/mol. The van der Waals surface area contributed by atoms with Gasteiger partial charge in [-0.25, -0.2) is 4.39 Å². The Hall–Kier alpha value is -1.43.